The molecule has 128 valence electrons. The fourth-order valence-corrected chi connectivity index (χ4v) is 2.29. The summed E-state index contributed by atoms with van der Waals surface area (Å²) >= 11 is 0. The Morgan fingerprint density at radius 2 is 1.88 bits per heavy atom. The minimum atomic E-state index is -1.19. The molecule has 0 bridgehead atoms. The molecule has 25 heavy (non-hydrogen) atoms. The average molecular weight is 344 g/mol. The highest BCUT2D eigenvalue weighted by molar-refractivity contribution is 5.98. The summed E-state index contributed by atoms with van der Waals surface area (Å²) in [5.41, 5.74) is 0.629. The first-order chi connectivity index (χ1) is 11.9. The van der Waals surface area contributed by atoms with E-state index in [0.29, 0.717) is 0 Å². The summed E-state index contributed by atoms with van der Waals surface area (Å²) in [6, 6.07) is 11.6. The number of aromatic amines is 1. The maximum absolute atomic E-state index is 13.5. The number of ether oxygens (including phenoxy) is 1. The molecule has 1 amide bonds. The van der Waals surface area contributed by atoms with Crippen LogP contribution in [0.2, 0.25) is 0 Å². The molecule has 5 nitrogen and oxygen atoms in total. The van der Waals surface area contributed by atoms with Crippen LogP contribution in [0.4, 0.5) is 14.5 Å². The van der Waals surface area contributed by atoms with Crippen molar-refractivity contribution >= 4 is 28.5 Å². The van der Waals surface area contributed by atoms with Gasteiger partial charge in [0.2, 0.25) is 0 Å². The first kappa shape index (κ1) is 16.6. The van der Waals surface area contributed by atoms with Gasteiger partial charge in [-0.05, 0) is 31.2 Å². The van der Waals surface area contributed by atoms with Crippen molar-refractivity contribution in [3.63, 3.8) is 0 Å². The molecule has 0 aliphatic heterocycles. The van der Waals surface area contributed by atoms with Crippen LogP contribution in [0.15, 0.2) is 48.5 Å². The Kier molecular flexibility index (Phi) is 4.47. The quantitative estimate of drug-likeness (QED) is 0.710. The maximum Gasteiger partial charge on any atom is 0.355 e. The van der Waals surface area contributed by atoms with E-state index in [-0.39, 0.29) is 11.4 Å². The average Bonchev–Trinajstić information content (AvgIpc) is 3.02. The van der Waals surface area contributed by atoms with E-state index < -0.39 is 29.6 Å². The van der Waals surface area contributed by atoms with Crippen LogP contribution in [0.3, 0.4) is 0 Å². The molecule has 0 spiro atoms. The normalized spacial score (nSPS) is 12.0. The van der Waals surface area contributed by atoms with Crippen LogP contribution in [0, 0.1) is 11.6 Å². The van der Waals surface area contributed by atoms with E-state index >= 15 is 0 Å². The number of rotatable bonds is 4. The van der Waals surface area contributed by atoms with Gasteiger partial charge in [-0.1, -0.05) is 18.2 Å². The third-order valence-corrected chi connectivity index (χ3v) is 3.59. The summed E-state index contributed by atoms with van der Waals surface area (Å²) < 4.78 is 31.7. The molecule has 2 aromatic carbocycles. The molecule has 0 saturated carbocycles. The van der Waals surface area contributed by atoms with Crippen molar-refractivity contribution < 1.29 is 23.1 Å². The SMILES string of the molecule is C[C@@H](OC(=O)c1cc2ccccc2[nH]1)C(=O)Nc1cc(F)ccc1F. The van der Waals surface area contributed by atoms with Gasteiger partial charge in [-0.3, -0.25) is 4.79 Å². The van der Waals surface area contributed by atoms with E-state index in [1.165, 1.54) is 6.92 Å². The van der Waals surface area contributed by atoms with Gasteiger partial charge in [0.15, 0.2) is 6.10 Å². The van der Waals surface area contributed by atoms with Gasteiger partial charge in [-0.25, -0.2) is 13.6 Å². The van der Waals surface area contributed by atoms with Gasteiger partial charge in [0, 0.05) is 17.0 Å². The summed E-state index contributed by atoms with van der Waals surface area (Å²) in [7, 11) is 0. The number of amides is 1. The number of carbonyl (C=O) groups is 2. The van der Waals surface area contributed by atoms with Gasteiger partial charge in [0.1, 0.15) is 17.3 Å². The second-order valence-corrected chi connectivity index (χ2v) is 5.43. The van der Waals surface area contributed by atoms with E-state index in [1.54, 1.807) is 12.1 Å². The number of H-pyrrole nitrogens is 1. The van der Waals surface area contributed by atoms with Crippen molar-refractivity contribution in [1.29, 1.82) is 0 Å². The van der Waals surface area contributed by atoms with Crippen LogP contribution in [-0.2, 0) is 9.53 Å². The second-order valence-electron chi connectivity index (χ2n) is 5.43. The lowest BCUT2D eigenvalue weighted by Crippen LogP contribution is -2.30. The summed E-state index contributed by atoms with van der Waals surface area (Å²) in [4.78, 5) is 27.1. The highest BCUT2D eigenvalue weighted by Crippen LogP contribution is 2.17. The summed E-state index contributed by atoms with van der Waals surface area (Å²) in [6.07, 6.45) is -1.19. The van der Waals surface area contributed by atoms with Crippen molar-refractivity contribution in [3.05, 3.63) is 65.9 Å². The minimum Gasteiger partial charge on any atom is -0.448 e. The summed E-state index contributed by atoms with van der Waals surface area (Å²) in [5, 5.41) is 3.02. The Morgan fingerprint density at radius 3 is 2.64 bits per heavy atom. The van der Waals surface area contributed by atoms with E-state index in [0.717, 1.165) is 29.1 Å². The third-order valence-electron chi connectivity index (χ3n) is 3.59. The largest absolute Gasteiger partial charge is 0.448 e. The molecule has 0 aliphatic rings. The predicted octanol–water partition coefficient (Wildman–Crippen LogP) is 3.63. The first-order valence-electron chi connectivity index (χ1n) is 7.48. The van der Waals surface area contributed by atoms with Crippen molar-refractivity contribution in [2.75, 3.05) is 5.32 Å². The number of nitrogens with one attached hydrogen (secondary N) is 2. The van der Waals surface area contributed by atoms with Gasteiger partial charge in [-0.2, -0.15) is 0 Å². The van der Waals surface area contributed by atoms with E-state index in [2.05, 4.69) is 10.3 Å². The van der Waals surface area contributed by atoms with Crippen molar-refractivity contribution in [3.8, 4) is 0 Å². The zero-order chi connectivity index (χ0) is 18.0. The van der Waals surface area contributed by atoms with Gasteiger partial charge >= 0.3 is 5.97 Å². The summed E-state index contributed by atoms with van der Waals surface area (Å²) in [6.45, 7) is 1.34. The van der Waals surface area contributed by atoms with Crippen molar-refractivity contribution in [2.45, 2.75) is 13.0 Å². The molecule has 0 aliphatic carbocycles. The zero-order valence-corrected chi connectivity index (χ0v) is 13.2. The van der Waals surface area contributed by atoms with E-state index in [1.807, 2.05) is 18.2 Å². The van der Waals surface area contributed by atoms with Crippen LogP contribution >= 0.6 is 0 Å². The fraction of sp³-hybridized carbons (Fsp3) is 0.111. The summed E-state index contributed by atoms with van der Waals surface area (Å²) in [5.74, 6) is -2.98. The standard InChI is InChI=1S/C18H14F2N2O3/c1-10(17(23)22-15-9-12(19)6-7-13(15)20)25-18(24)16-8-11-4-2-3-5-14(11)21-16/h2-10,21H,1H3,(H,22,23)/t10-/m1/s1. The maximum atomic E-state index is 13.5. The molecule has 1 atom stereocenters. The topological polar surface area (TPSA) is 71.2 Å². The Labute approximate surface area is 141 Å². The number of anilines is 1. The molecular formula is C18H14F2N2O3. The molecule has 1 heterocycles. The number of fused-ring (bicyclic) bond motifs is 1. The molecule has 1 aromatic heterocycles. The lowest BCUT2D eigenvalue weighted by atomic mass is 10.2. The third kappa shape index (κ3) is 3.65. The van der Waals surface area contributed by atoms with Gasteiger partial charge in [-0.15, -0.1) is 0 Å². The second kappa shape index (κ2) is 6.72. The highest BCUT2D eigenvalue weighted by Gasteiger charge is 2.21. The van der Waals surface area contributed by atoms with Gasteiger partial charge in [0.25, 0.3) is 5.91 Å². The Hall–Kier alpha value is -3.22. The minimum absolute atomic E-state index is 0.192. The monoisotopic (exact) mass is 344 g/mol. The van der Waals surface area contributed by atoms with Crippen LogP contribution in [0.5, 0.6) is 0 Å². The van der Waals surface area contributed by atoms with Crippen LogP contribution < -0.4 is 5.32 Å². The molecule has 0 fully saturated rings. The molecule has 0 radical (unpaired) electrons. The highest BCUT2D eigenvalue weighted by atomic mass is 19.1. The van der Waals surface area contributed by atoms with E-state index in [4.69, 9.17) is 4.74 Å². The lowest BCUT2D eigenvalue weighted by Gasteiger charge is -2.13. The van der Waals surface area contributed by atoms with E-state index in [9.17, 15) is 18.4 Å². The number of hydrogen-bond donors (Lipinski definition) is 2. The molecule has 0 saturated heterocycles. The molecule has 2 N–H and O–H groups in total. The van der Waals surface area contributed by atoms with Crippen LogP contribution in [0.25, 0.3) is 10.9 Å². The van der Waals surface area contributed by atoms with Crippen LogP contribution in [0.1, 0.15) is 17.4 Å². The Morgan fingerprint density at radius 1 is 1.12 bits per heavy atom. The Balaban J connectivity index is 1.68. The molecule has 3 aromatic rings. The zero-order valence-electron chi connectivity index (χ0n) is 13.2. The van der Waals surface area contributed by atoms with Crippen molar-refractivity contribution in [1.82, 2.24) is 4.98 Å². The number of carbonyl (C=O) groups excluding carboxylic acids is 2. The molecule has 0 unspecified atom stereocenters. The Bertz CT molecular complexity index is 919. The van der Waals surface area contributed by atoms with Gasteiger partial charge in [0.05, 0.1) is 5.69 Å². The van der Waals surface area contributed by atoms with Crippen molar-refractivity contribution in [2.24, 2.45) is 0 Å². The number of benzene rings is 2. The number of esters is 1. The fourth-order valence-electron chi connectivity index (χ4n) is 2.29. The molecular weight excluding hydrogens is 330 g/mol. The number of halogens is 2. The first-order valence-corrected chi connectivity index (χ1v) is 7.48. The predicted molar refractivity (Wildman–Crippen MR) is 88.2 cm³/mol. The number of hydrogen-bond acceptors (Lipinski definition) is 3. The molecule has 3 rings (SSSR count). The number of aromatic nitrogens is 1. The van der Waals surface area contributed by atoms with Crippen LogP contribution in [-0.4, -0.2) is 23.0 Å². The smallest absolute Gasteiger partial charge is 0.355 e. The van der Waals surface area contributed by atoms with Gasteiger partial charge < -0.3 is 15.0 Å². The lowest BCUT2D eigenvalue weighted by molar-refractivity contribution is -0.123. The molecule has 7 heteroatoms. The number of para-hydroxylation sites is 1.